The lowest BCUT2D eigenvalue weighted by atomic mass is 10.1. The third kappa shape index (κ3) is 3.77. The number of ether oxygens (including phenoxy) is 1. The van der Waals surface area contributed by atoms with Crippen LogP contribution in [-0.2, 0) is 5.75 Å². The molecule has 0 unspecified atom stereocenters. The second kappa shape index (κ2) is 7.51. The van der Waals surface area contributed by atoms with Crippen molar-refractivity contribution in [3.63, 3.8) is 0 Å². The van der Waals surface area contributed by atoms with Crippen molar-refractivity contribution in [2.75, 3.05) is 7.11 Å². The Balaban J connectivity index is 1.75. The monoisotopic (exact) mass is 360 g/mol. The zero-order chi connectivity index (χ0) is 16.9. The summed E-state index contributed by atoms with van der Waals surface area (Å²) in [5.41, 5.74) is 2.24. The van der Waals surface area contributed by atoms with E-state index in [1.54, 1.807) is 37.4 Å². The van der Waals surface area contributed by atoms with Crippen molar-refractivity contribution >= 4 is 29.6 Å². The van der Waals surface area contributed by atoms with E-state index < -0.39 is 0 Å². The van der Waals surface area contributed by atoms with Gasteiger partial charge in [-0.05, 0) is 36.4 Å². The largest absolute Gasteiger partial charge is 0.496 e. The van der Waals surface area contributed by atoms with E-state index in [0.717, 1.165) is 17.4 Å². The van der Waals surface area contributed by atoms with Gasteiger partial charge in [0.1, 0.15) is 12.0 Å². The third-order valence-corrected chi connectivity index (χ3v) is 4.37. The molecule has 0 aliphatic rings. The van der Waals surface area contributed by atoms with Gasteiger partial charge in [-0.1, -0.05) is 29.4 Å². The molecule has 0 saturated heterocycles. The molecule has 1 aromatic heterocycles. The predicted octanol–water partition coefficient (Wildman–Crippen LogP) is 4.50. The fraction of sp³-hybridized carbons (Fsp3) is 0.118. The second-order valence-corrected chi connectivity index (χ2v) is 6.22. The van der Waals surface area contributed by atoms with Crippen LogP contribution in [0.3, 0.4) is 0 Å². The minimum absolute atomic E-state index is 0.411. The Morgan fingerprint density at radius 3 is 2.88 bits per heavy atom. The fourth-order valence-corrected chi connectivity index (χ4v) is 3.06. The van der Waals surface area contributed by atoms with E-state index in [9.17, 15) is 4.79 Å². The topological polar surface area (TPSA) is 65.2 Å². The van der Waals surface area contributed by atoms with Crippen LogP contribution in [0.15, 0.2) is 52.1 Å². The van der Waals surface area contributed by atoms with Crippen LogP contribution in [0.2, 0.25) is 5.02 Å². The number of aldehydes is 1. The summed E-state index contributed by atoms with van der Waals surface area (Å²) in [7, 11) is 1.59. The van der Waals surface area contributed by atoms with E-state index in [1.165, 1.54) is 11.8 Å². The number of carbonyl (C=O) groups excluding carboxylic acids is 1. The average Bonchev–Trinajstić information content (AvgIpc) is 3.08. The van der Waals surface area contributed by atoms with Crippen LogP contribution in [0.5, 0.6) is 5.75 Å². The molecule has 24 heavy (non-hydrogen) atoms. The van der Waals surface area contributed by atoms with Crippen molar-refractivity contribution in [1.29, 1.82) is 0 Å². The van der Waals surface area contributed by atoms with Crippen molar-refractivity contribution < 1.29 is 13.9 Å². The first-order valence-electron chi connectivity index (χ1n) is 7.04. The maximum Gasteiger partial charge on any atom is 0.277 e. The molecule has 1 heterocycles. The number of hydrogen-bond acceptors (Lipinski definition) is 6. The normalized spacial score (nSPS) is 10.6. The molecule has 0 fully saturated rings. The van der Waals surface area contributed by atoms with E-state index >= 15 is 0 Å². The lowest BCUT2D eigenvalue weighted by molar-refractivity contribution is 0.112. The average molecular weight is 361 g/mol. The van der Waals surface area contributed by atoms with Gasteiger partial charge in [-0.25, -0.2) is 0 Å². The Morgan fingerprint density at radius 1 is 1.25 bits per heavy atom. The van der Waals surface area contributed by atoms with Gasteiger partial charge in [-0.3, -0.25) is 4.79 Å². The van der Waals surface area contributed by atoms with Crippen LogP contribution in [0.1, 0.15) is 15.9 Å². The number of carbonyl (C=O) groups is 1. The standard InChI is InChI=1S/C17H13ClN2O3S/c1-22-15-6-5-11(9-21)7-13(15)10-24-17-20-19-16(23-17)12-3-2-4-14(18)8-12/h2-9H,10H2,1H3. The molecule has 3 rings (SSSR count). The summed E-state index contributed by atoms with van der Waals surface area (Å²) in [6, 6.07) is 12.5. The molecule has 0 N–H and O–H groups in total. The first-order chi connectivity index (χ1) is 11.7. The molecule has 0 spiro atoms. The zero-order valence-corrected chi connectivity index (χ0v) is 14.3. The maximum absolute atomic E-state index is 10.9. The van der Waals surface area contributed by atoms with Crippen LogP contribution in [0.4, 0.5) is 0 Å². The maximum atomic E-state index is 10.9. The number of halogens is 1. The van der Waals surface area contributed by atoms with Gasteiger partial charge in [-0.15, -0.1) is 10.2 Å². The molecular weight excluding hydrogens is 348 g/mol. The third-order valence-electron chi connectivity index (χ3n) is 3.27. The summed E-state index contributed by atoms with van der Waals surface area (Å²) in [6.07, 6.45) is 0.803. The summed E-state index contributed by atoms with van der Waals surface area (Å²) in [5.74, 6) is 1.67. The molecule has 0 radical (unpaired) electrons. The number of hydrogen-bond donors (Lipinski definition) is 0. The number of methoxy groups -OCH3 is 1. The van der Waals surface area contributed by atoms with Crippen LogP contribution < -0.4 is 4.74 Å². The number of nitrogens with zero attached hydrogens (tertiary/aromatic N) is 2. The predicted molar refractivity (Wildman–Crippen MR) is 92.7 cm³/mol. The summed E-state index contributed by atoms with van der Waals surface area (Å²) >= 11 is 7.34. The molecule has 5 nitrogen and oxygen atoms in total. The van der Waals surface area contributed by atoms with Gasteiger partial charge in [-0.2, -0.15) is 0 Å². The minimum Gasteiger partial charge on any atom is -0.496 e. The van der Waals surface area contributed by atoms with Gasteiger partial charge >= 0.3 is 0 Å². The van der Waals surface area contributed by atoms with Gasteiger partial charge in [0.15, 0.2) is 0 Å². The molecule has 2 aromatic carbocycles. The summed E-state index contributed by atoms with van der Waals surface area (Å²) in [6.45, 7) is 0. The van der Waals surface area contributed by atoms with E-state index in [0.29, 0.717) is 33.2 Å². The van der Waals surface area contributed by atoms with E-state index in [4.69, 9.17) is 20.8 Å². The molecule has 7 heteroatoms. The van der Waals surface area contributed by atoms with Gasteiger partial charge < -0.3 is 9.15 Å². The molecule has 3 aromatic rings. The SMILES string of the molecule is COc1ccc(C=O)cc1CSc1nnc(-c2cccc(Cl)c2)o1. The second-order valence-electron chi connectivity index (χ2n) is 4.86. The minimum atomic E-state index is 0.411. The molecule has 0 amide bonds. The first-order valence-corrected chi connectivity index (χ1v) is 8.40. The molecular formula is C17H13ClN2O3S. The van der Waals surface area contributed by atoms with E-state index in [2.05, 4.69) is 10.2 Å². The van der Waals surface area contributed by atoms with Crippen LogP contribution >= 0.6 is 23.4 Å². The Labute approximate surface area is 148 Å². The molecule has 122 valence electrons. The fourth-order valence-electron chi connectivity index (χ4n) is 2.13. The quantitative estimate of drug-likeness (QED) is 0.476. The lowest BCUT2D eigenvalue weighted by Gasteiger charge is -2.07. The zero-order valence-electron chi connectivity index (χ0n) is 12.7. The highest BCUT2D eigenvalue weighted by atomic mass is 35.5. The molecule has 0 aliphatic carbocycles. The highest BCUT2D eigenvalue weighted by Crippen LogP contribution is 2.30. The Bertz CT molecular complexity index is 867. The van der Waals surface area contributed by atoms with Crippen molar-refractivity contribution in [3.8, 4) is 17.2 Å². The smallest absolute Gasteiger partial charge is 0.277 e. The van der Waals surface area contributed by atoms with Crippen LogP contribution in [0, 0.1) is 0 Å². The van der Waals surface area contributed by atoms with Crippen LogP contribution in [0.25, 0.3) is 11.5 Å². The van der Waals surface area contributed by atoms with Gasteiger partial charge in [0.25, 0.3) is 5.22 Å². The van der Waals surface area contributed by atoms with Gasteiger partial charge in [0.2, 0.25) is 5.89 Å². The molecule has 0 atom stereocenters. The van der Waals surface area contributed by atoms with Gasteiger partial charge in [0.05, 0.1) is 7.11 Å². The van der Waals surface area contributed by atoms with Crippen LogP contribution in [-0.4, -0.2) is 23.6 Å². The molecule has 0 bridgehead atoms. The lowest BCUT2D eigenvalue weighted by Crippen LogP contribution is -1.92. The Hall–Kier alpha value is -2.31. The highest BCUT2D eigenvalue weighted by Gasteiger charge is 2.11. The highest BCUT2D eigenvalue weighted by molar-refractivity contribution is 7.98. The number of benzene rings is 2. The van der Waals surface area contributed by atoms with Gasteiger partial charge in [0, 0.05) is 27.5 Å². The number of rotatable bonds is 6. The van der Waals surface area contributed by atoms with Crippen molar-refractivity contribution in [3.05, 3.63) is 58.6 Å². The van der Waals surface area contributed by atoms with Crippen molar-refractivity contribution in [1.82, 2.24) is 10.2 Å². The Morgan fingerprint density at radius 2 is 2.12 bits per heavy atom. The molecule has 0 saturated carbocycles. The van der Waals surface area contributed by atoms with Crippen molar-refractivity contribution in [2.24, 2.45) is 0 Å². The first kappa shape index (κ1) is 16.5. The Kier molecular flexibility index (Phi) is 5.17. The summed E-state index contributed by atoms with van der Waals surface area (Å²) in [4.78, 5) is 10.9. The summed E-state index contributed by atoms with van der Waals surface area (Å²) < 4.78 is 11.0. The van der Waals surface area contributed by atoms with Crippen molar-refractivity contribution in [2.45, 2.75) is 11.0 Å². The number of aromatic nitrogens is 2. The summed E-state index contributed by atoms with van der Waals surface area (Å²) in [5, 5.41) is 9.10. The number of thioether (sulfide) groups is 1. The van der Waals surface area contributed by atoms with E-state index in [1.807, 2.05) is 12.1 Å². The van der Waals surface area contributed by atoms with E-state index in [-0.39, 0.29) is 0 Å². The molecule has 0 aliphatic heterocycles.